The van der Waals surface area contributed by atoms with Gasteiger partial charge in [0, 0.05) is 20.6 Å². The molecule has 5 rings (SSSR count). The number of ketones is 1. The summed E-state index contributed by atoms with van der Waals surface area (Å²) < 4.78 is 17.8. The number of hydrogen-bond donors (Lipinski definition) is 1. The van der Waals surface area contributed by atoms with Gasteiger partial charge in [0.1, 0.15) is 5.58 Å². The predicted octanol–water partition coefficient (Wildman–Crippen LogP) is 7.04. The average molecular weight is 583 g/mol. The number of carbonyl (C=O) groups is 2. The molecule has 4 aromatic rings. The van der Waals surface area contributed by atoms with E-state index in [1.807, 2.05) is 13.0 Å². The minimum absolute atomic E-state index is 0.000984. The summed E-state index contributed by atoms with van der Waals surface area (Å²) in [7, 11) is 1.52. The second-order valence-corrected chi connectivity index (χ2v) is 9.64. The van der Waals surface area contributed by atoms with E-state index in [-0.39, 0.29) is 11.3 Å². The molecule has 37 heavy (non-hydrogen) atoms. The second-order valence-electron chi connectivity index (χ2n) is 8.29. The lowest BCUT2D eigenvalue weighted by atomic mass is 9.94. The number of ether oxygens (including phenoxy) is 2. The van der Waals surface area contributed by atoms with Crippen LogP contribution in [-0.4, -0.2) is 30.5 Å². The Balaban J connectivity index is 1.68. The van der Waals surface area contributed by atoms with Crippen molar-refractivity contribution in [3.63, 3.8) is 0 Å². The number of rotatable bonds is 7. The quantitative estimate of drug-likeness (QED) is 0.235. The van der Waals surface area contributed by atoms with Crippen LogP contribution in [0.5, 0.6) is 11.5 Å². The summed E-state index contributed by atoms with van der Waals surface area (Å²) in [5.41, 5.74) is 1.33. The van der Waals surface area contributed by atoms with Gasteiger partial charge >= 0.3 is 0 Å². The maximum absolute atomic E-state index is 13.8. The van der Waals surface area contributed by atoms with Gasteiger partial charge in [-0.15, -0.1) is 0 Å². The molecule has 0 aliphatic carbocycles. The van der Waals surface area contributed by atoms with Crippen molar-refractivity contribution in [3.8, 4) is 11.5 Å². The predicted molar refractivity (Wildman–Crippen MR) is 144 cm³/mol. The van der Waals surface area contributed by atoms with Crippen LogP contribution in [-0.2, 0) is 4.79 Å². The summed E-state index contributed by atoms with van der Waals surface area (Å²) >= 11 is 9.64. The van der Waals surface area contributed by atoms with Gasteiger partial charge in [-0.3, -0.25) is 14.5 Å². The van der Waals surface area contributed by atoms with Crippen LogP contribution < -0.4 is 14.4 Å². The van der Waals surface area contributed by atoms with Gasteiger partial charge in [0.25, 0.3) is 5.91 Å². The Morgan fingerprint density at radius 1 is 1.11 bits per heavy atom. The number of aliphatic hydroxyl groups excluding tert-OH is 1. The molecule has 1 atom stereocenters. The van der Waals surface area contributed by atoms with Gasteiger partial charge in [0.2, 0.25) is 5.78 Å². The maximum Gasteiger partial charge on any atom is 0.294 e. The highest BCUT2D eigenvalue weighted by molar-refractivity contribution is 9.10. The van der Waals surface area contributed by atoms with Crippen molar-refractivity contribution < 1.29 is 28.6 Å². The fraction of sp³-hybridized carbons (Fsp3) is 0.143. The number of amides is 1. The number of fused-ring (bicyclic) bond motifs is 1. The molecule has 188 valence electrons. The number of nitrogens with zero attached hydrogens (tertiary/aromatic N) is 1. The largest absolute Gasteiger partial charge is 0.503 e. The first-order valence-corrected chi connectivity index (χ1v) is 12.6. The van der Waals surface area contributed by atoms with Gasteiger partial charge in [-0.1, -0.05) is 39.7 Å². The Kier molecular flexibility index (Phi) is 6.70. The number of benzene rings is 3. The molecule has 7 nitrogen and oxygen atoms in total. The second kappa shape index (κ2) is 9.95. The van der Waals surface area contributed by atoms with Gasteiger partial charge in [-0.05, 0) is 67.1 Å². The lowest BCUT2D eigenvalue weighted by Crippen LogP contribution is -2.31. The Bertz CT molecular complexity index is 1580. The summed E-state index contributed by atoms with van der Waals surface area (Å²) in [6.45, 7) is 2.22. The van der Waals surface area contributed by atoms with Crippen LogP contribution >= 0.6 is 27.5 Å². The van der Waals surface area contributed by atoms with Crippen molar-refractivity contribution in [1.82, 2.24) is 0 Å². The average Bonchev–Trinajstić information content (AvgIpc) is 3.42. The van der Waals surface area contributed by atoms with Gasteiger partial charge in [0.05, 0.1) is 25.3 Å². The summed E-state index contributed by atoms with van der Waals surface area (Å²) in [5.74, 6) is -1.07. The molecule has 0 fully saturated rings. The van der Waals surface area contributed by atoms with E-state index in [0.29, 0.717) is 45.3 Å². The van der Waals surface area contributed by atoms with Crippen LogP contribution in [0.4, 0.5) is 5.69 Å². The van der Waals surface area contributed by atoms with Crippen molar-refractivity contribution in [2.24, 2.45) is 0 Å². The van der Waals surface area contributed by atoms with E-state index in [9.17, 15) is 14.7 Å². The molecule has 1 aromatic heterocycles. The van der Waals surface area contributed by atoms with Gasteiger partial charge in [-0.25, -0.2) is 0 Å². The monoisotopic (exact) mass is 581 g/mol. The third kappa shape index (κ3) is 4.47. The van der Waals surface area contributed by atoms with E-state index in [4.69, 9.17) is 25.5 Å². The topological polar surface area (TPSA) is 89.2 Å². The van der Waals surface area contributed by atoms with Crippen molar-refractivity contribution >= 4 is 55.9 Å². The molecule has 0 bridgehead atoms. The Morgan fingerprint density at radius 2 is 1.92 bits per heavy atom. The summed E-state index contributed by atoms with van der Waals surface area (Å²) in [5, 5.41) is 12.1. The number of carbonyl (C=O) groups excluding carboxylic acids is 2. The molecule has 1 aliphatic rings. The maximum atomic E-state index is 13.8. The molecule has 0 spiro atoms. The molecular weight excluding hydrogens is 562 g/mol. The van der Waals surface area contributed by atoms with Gasteiger partial charge in [0.15, 0.2) is 23.0 Å². The third-order valence-electron chi connectivity index (χ3n) is 6.04. The number of furan rings is 1. The molecule has 0 radical (unpaired) electrons. The van der Waals surface area contributed by atoms with Crippen LogP contribution in [0.15, 0.2) is 87.0 Å². The van der Waals surface area contributed by atoms with Crippen LogP contribution in [0.3, 0.4) is 0 Å². The fourth-order valence-electron chi connectivity index (χ4n) is 4.44. The highest BCUT2D eigenvalue weighted by atomic mass is 79.9. The lowest BCUT2D eigenvalue weighted by molar-refractivity contribution is -0.117. The number of halogens is 2. The number of aliphatic hydroxyl groups is 1. The normalized spacial score (nSPS) is 15.5. The number of hydrogen-bond acceptors (Lipinski definition) is 6. The van der Waals surface area contributed by atoms with Crippen molar-refractivity contribution in [3.05, 3.63) is 98.9 Å². The standard InChI is InChI=1S/C28H21BrClNO6/c1-3-36-22-12-15(7-9-21(22)35-2)25-24(26(32)23-13-16-11-17(29)8-10-20(16)37-23)27(33)28(34)31(25)19-6-4-5-18(30)14-19/h4-14,25,33H,3H2,1-2H3. The summed E-state index contributed by atoms with van der Waals surface area (Å²) in [4.78, 5) is 28.6. The molecular formula is C28H21BrClNO6. The van der Waals surface area contributed by atoms with Gasteiger partial charge < -0.3 is 19.0 Å². The first-order valence-electron chi connectivity index (χ1n) is 11.4. The zero-order chi connectivity index (χ0) is 26.3. The molecule has 3 aromatic carbocycles. The zero-order valence-corrected chi connectivity index (χ0v) is 22.2. The van der Waals surface area contributed by atoms with E-state index < -0.39 is 23.5 Å². The van der Waals surface area contributed by atoms with Crippen LogP contribution in [0.25, 0.3) is 11.0 Å². The number of methoxy groups -OCH3 is 1. The molecule has 9 heteroatoms. The lowest BCUT2D eigenvalue weighted by Gasteiger charge is -2.27. The van der Waals surface area contributed by atoms with E-state index in [1.165, 1.54) is 12.0 Å². The Morgan fingerprint density at radius 3 is 2.65 bits per heavy atom. The summed E-state index contributed by atoms with van der Waals surface area (Å²) in [6.07, 6.45) is 0. The van der Waals surface area contributed by atoms with E-state index in [1.54, 1.807) is 60.7 Å². The van der Waals surface area contributed by atoms with Crippen LogP contribution in [0.1, 0.15) is 29.1 Å². The molecule has 2 heterocycles. The SMILES string of the molecule is CCOc1cc(C2C(C(=O)c3cc4cc(Br)ccc4o3)=C(O)C(=O)N2c2cccc(Cl)c2)ccc1OC. The molecule has 0 saturated heterocycles. The zero-order valence-electron chi connectivity index (χ0n) is 19.8. The number of anilines is 1. The third-order valence-corrected chi connectivity index (χ3v) is 6.77. The van der Waals surface area contributed by atoms with E-state index >= 15 is 0 Å². The molecule has 0 saturated carbocycles. The van der Waals surface area contributed by atoms with Crippen LogP contribution in [0, 0.1) is 0 Å². The Hall–Kier alpha value is -3.75. The highest BCUT2D eigenvalue weighted by Crippen LogP contribution is 2.44. The molecule has 1 aliphatic heterocycles. The highest BCUT2D eigenvalue weighted by Gasteiger charge is 2.45. The first kappa shape index (κ1) is 24.9. The minimum atomic E-state index is -0.983. The van der Waals surface area contributed by atoms with Crippen molar-refractivity contribution in [2.75, 3.05) is 18.6 Å². The smallest absolute Gasteiger partial charge is 0.294 e. The van der Waals surface area contributed by atoms with E-state index in [0.717, 1.165) is 4.47 Å². The first-order chi connectivity index (χ1) is 17.8. The van der Waals surface area contributed by atoms with Crippen molar-refractivity contribution in [2.45, 2.75) is 13.0 Å². The van der Waals surface area contributed by atoms with Crippen molar-refractivity contribution in [1.29, 1.82) is 0 Å². The Labute approximate surface area is 226 Å². The minimum Gasteiger partial charge on any atom is -0.503 e. The molecule has 1 N–H and O–H groups in total. The van der Waals surface area contributed by atoms with Gasteiger partial charge in [-0.2, -0.15) is 0 Å². The van der Waals surface area contributed by atoms with E-state index in [2.05, 4.69) is 15.9 Å². The number of Topliss-reactive ketones (excluding diaryl/α,β-unsaturated/α-hetero) is 1. The molecule has 1 unspecified atom stereocenters. The summed E-state index contributed by atoms with van der Waals surface area (Å²) in [6, 6.07) is 17.7. The fourth-order valence-corrected chi connectivity index (χ4v) is 5.00. The van der Waals surface area contributed by atoms with Crippen LogP contribution in [0.2, 0.25) is 5.02 Å². The molecule has 1 amide bonds.